The monoisotopic (exact) mass is 274 g/mol. The van der Waals surface area contributed by atoms with E-state index in [1.54, 1.807) is 18.2 Å². The highest BCUT2D eigenvalue weighted by Gasteiger charge is 2.34. The molecule has 2 aliphatic heterocycles. The topological polar surface area (TPSA) is 80.6 Å². The number of benzene rings is 1. The van der Waals surface area contributed by atoms with Gasteiger partial charge in [0.25, 0.3) is 5.91 Å². The molecule has 1 aromatic carbocycles. The lowest BCUT2D eigenvalue weighted by atomic mass is 9.91. The fourth-order valence-corrected chi connectivity index (χ4v) is 2.31. The summed E-state index contributed by atoms with van der Waals surface area (Å²) in [7, 11) is 0. The van der Waals surface area contributed by atoms with E-state index in [0.29, 0.717) is 43.1 Å². The molecule has 0 unspecified atom stereocenters. The second-order valence-corrected chi connectivity index (χ2v) is 4.83. The molecule has 0 aromatic heterocycles. The van der Waals surface area contributed by atoms with Crippen molar-refractivity contribution in [3.63, 3.8) is 0 Å². The third-order valence-corrected chi connectivity index (χ3v) is 3.55. The molecule has 3 rings (SSSR count). The third kappa shape index (κ3) is 2.28. The predicted octanol–water partition coefficient (Wildman–Crippen LogP) is 1.22. The molecule has 20 heavy (non-hydrogen) atoms. The molecule has 1 N–H and O–H groups in total. The average molecular weight is 274 g/mol. The lowest BCUT2D eigenvalue weighted by molar-refractivity contribution is 0.0531. The van der Waals surface area contributed by atoms with Gasteiger partial charge in [0.1, 0.15) is 5.54 Å². The average Bonchev–Trinajstić information content (AvgIpc) is 2.95. The third-order valence-electron chi connectivity index (χ3n) is 3.55. The molecule has 1 saturated heterocycles. The Hall–Kier alpha value is -2.26. The minimum atomic E-state index is -0.842. The van der Waals surface area contributed by atoms with Crippen LogP contribution < -0.4 is 14.8 Å². The van der Waals surface area contributed by atoms with Crippen molar-refractivity contribution in [2.45, 2.75) is 18.4 Å². The molecular weight excluding hydrogens is 260 g/mol. The molecule has 0 radical (unpaired) electrons. The normalized spacial score (nSPS) is 19.1. The van der Waals surface area contributed by atoms with Gasteiger partial charge in [0.05, 0.1) is 6.07 Å². The quantitative estimate of drug-likeness (QED) is 0.877. The highest BCUT2D eigenvalue weighted by molar-refractivity contribution is 5.95. The molecule has 6 nitrogen and oxygen atoms in total. The Morgan fingerprint density at radius 2 is 2.00 bits per heavy atom. The smallest absolute Gasteiger partial charge is 0.252 e. The van der Waals surface area contributed by atoms with Gasteiger partial charge in [-0.25, -0.2) is 0 Å². The molecule has 6 heteroatoms. The van der Waals surface area contributed by atoms with E-state index in [-0.39, 0.29) is 12.7 Å². The van der Waals surface area contributed by atoms with Crippen LogP contribution in [0.4, 0.5) is 0 Å². The Kier molecular flexibility index (Phi) is 3.20. The van der Waals surface area contributed by atoms with E-state index in [9.17, 15) is 10.1 Å². The molecule has 1 amide bonds. The highest BCUT2D eigenvalue weighted by Crippen LogP contribution is 2.32. The number of fused-ring (bicyclic) bond motifs is 1. The Morgan fingerprint density at radius 1 is 1.25 bits per heavy atom. The SMILES string of the molecule is N#CC1(NC(=O)c2ccc3c(c2)OCO3)CCOCC1. The number of rotatable bonds is 2. The molecule has 0 atom stereocenters. The van der Waals surface area contributed by atoms with Gasteiger partial charge >= 0.3 is 0 Å². The summed E-state index contributed by atoms with van der Waals surface area (Å²) < 4.78 is 15.7. The van der Waals surface area contributed by atoms with Gasteiger partial charge in [0.2, 0.25) is 6.79 Å². The second-order valence-electron chi connectivity index (χ2n) is 4.83. The minimum Gasteiger partial charge on any atom is -0.454 e. The highest BCUT2D eigenvalue weighted by atomic mass is 16.7. The van der Waals surface area contributed by atoms with E-state index in [1.807, 2.05) is 0 Å². The van der Waals surface area contributed by atoms with E-state index in [2.05, 4.69) is 11.4 Å². The fourth-order valence-electron chi connectivity index (χ4n) is 2.31. The van der Waals surface area contributed by atoms with Crippen LogP contribution in [0.2, 0.25) is 0 Å². The lowest BCUT2D eigenvalue weighted by Gasteiger charge is -2.31. The zero-order chi connectivity index (χ0) is 14.0. The Morgan fingerprint density at radius 3 is 2.75 bits per heavy atom. The maximum Gasteiger partial charge on any atom is 0.252 e. The Labute approximate surface area is 116 Å². The van der Waals surface area contributed by atoms with E-state index in [4.69, 9.17) is 14.2 Å². The van der Waals surface area contributed by atoms with Crippen molar-refractivity contribution in [3.05, 3.63) is 23.8 Å². The predicted molar refractivity (Wildman–Crippen MR) is 68.4 cm³/mol. The molecule has 2 heterocycles. The second kappa shape index (κ2) is 5.02. The van der Waals surface area contributed by atoms with E-state index >= 15 is 0 Å². The summed E-state index contributed by atoms with van der Waals surface area (Å²) >= 11 is 0. The largest absolute Gasteiger partial charge is 0.454 e. The van der Waals surface area contributed by atoms with Crippen LogP contribution in [0.5, 0.6) is 11.5 Å². The van der Waals surface area contributed by atoms with Gasteiger partial charge in [-0.15, -0.1) is 0 Å². The van der Waals surface area contributed by atoms with Crippen LogP contribution >= 0.6 is 0 Å². The molecule has 0 saturated carbocycles. The summed E-state index contributed by atoms with van der Waals surface area (Å²) in [5, 5.41) is 12.1. The molecule has 1 aromatic rings. The van der Waals surface area contributed by atoms with Crippen LogP contribution in [0.1, 0.15) is 23.2 Å². The van der Waals surface area contributed by atoms with Gasteiger partial charge in [-0.2, -0.15) is 5.26 Å². The van der Waals surface area contributed by atoms with Crippen LogP contribution in [0.15, 0.2) is 18.2 Å². The number of carbonyl (C=O) groups excluding carboxylic acids is 1. The van der Waals surface area contributed by atoms with Crippen molar-refractivity contribution in [1.82, 2.24) is 5.32 Å². The first-order chi connectivity index (χ1) is 9.72. The summed E-state index contributed by atoms with van der Waals surface area (Å²) in [6.07, 6.45) is 1.000. The number of hydrogen-bond donors (Lipinski definition) is 1. The van der Waals surface area contributed by atoms with Crippen LogP contribution in [0.3, 0.4) is 0 Å². The first-order valence-corrected chi connectivity index (χ1v) is 6.44. The zero-order valence-corrected chi connectivity index (χ0v) is 10.8. The number of hydrogen-bond acceptors (Lipinski definition) is 5. The molecule has 2 aliphatic rings. The minimum absolute atomic E-state index is 0.167. The van der Waals surface area contributed by atoms with Crippen molar-refractivity contribution >= 4 is 5.91 Å². The van der Waals surface area contributed by atoms with Crippen LogP contribution in [-0.2, 0) is 4.74 Å². The number of nitrogens with one attached hydrogen (secondary N) is 1. The first-order valence-electron chi connectivity index (χ1n) is 6.44. The summed E-state index contributed by atoms with van der Waals surface area (Å²) in [5.74, 6) is 0.894. The van der Waals surface area contributed by atoms with Gasteiger partial charge in [-0.1, -0.05) is 0 Å². The molecule has 104 valence electrons. The summed E-state index contributed by atoms with van der Waals surface area (Å²) in [6, 6.07) is 7.18. The van der Waals surface area contributed by atoms with Gasteiger partial charge in [-0.05, 0) is 18.2 Å². The van der Waals surface area contributed by atoms with Crippen molar-refractivity contribution < 1.29 is 19.0 Å². The van der Waals surface area contributed by atoms with Crippen LogP contribution in [-0.4, -0.2) is 31.5 Å². The maximum absolute atomic E-state index is 12.3. The summed E-state index contributed by atoms with van der Waals surface area (Å²) in [5.41, 5.74) is -0.388. The zero-order valence-electron chi connectivity index (χ0n) is 10.8. The molecule has 0 spiro atoms. The van der Waals surface area contributed by atoms with Gasteiger partial charge in [0, 0.05) is 31.6 Å². The first kappa shape index (κ1) is 12.8. The van der Waals surface area contributed by atoms with Gasteiger partial charge < -0.3 is 19.5 Å². The maximum atomic E-state index is 12.3. The van der Waals surface area contributed by atoms with E-state index in [0.717, 1.165) is 0 Å². The van der Waals surface area contributed by atoms with Crippen LogP contribution in [0, 0.1) is 11.3 Å². The van der Waals surface area contributed by atoms with Gasteiger partial charge in [0.15, 0.2) is 11.5 Å². The van der Waals surface area contributed by atoms with Crippen molar-refractivity contribution in [2.75, 3.05) is 20.0 Å². The van der Waals surface area contributed by atoms with Gasteiger partial charge in [-0.3, -0.25) is 4.79 Å². The molecular formula is C14H14N2O4. The standard InChI is InChI=1S/C14H14N2O4/c15-8-14(3-5-18-6-4-14)16-13(17)10-1-2-11-12(7-10)20-9-19-11/h1-2,7H,3-6,9H2,(H,16,17). The summed E-state index contributed by atoms with van der Waals surface area (Å²) in [6.45, 7) is 1.13. The number of ether oxygens (including phenoxy) is 3. The molecule has 0 aliphatic carbocycles. The fraction of sp³-hybridized carbons (Fsp3) is 0.429. The number of amides is 1. The number of nitrogens with zero attached hydrogens (tertiary/aromatic N) is 1. The van der Waals surface area contributed by atoms with Crippen LogP contribution in [0.25, 0.3) is 0 Å². The molecule has 1 fully saturated rings. The summed E-state index contributed by atoms with van der Waals surface area (Å²) in [4.78, 5) is 12.3. The Balaban J connectivity index is 1.77. The van der Waals surface area contributed by atoms with Crippen molar-refractivity contribution in [3.8, 4) is 17.6 Å². The lowest BCUT2D eigenvalue weighted by Crippen LogP contribution is -2.50. The Bertz CT molecular complexity index is 573. The number of carbonyl (C=O) groups is 1. The van der Waals surface area contributed by atoms with E-state index in [1.165, 1.54) is 0 Å². The van der Waals surface area contributed by atoms with E-state index < -0.39 is 5.54 Å². The molecule has 0 bridgehead atoms. The van der Waals surface area contributed by atoms with Crippen molar-refractivity contribution in [1.29, 1.82) is 5.26 Å². The van der Waals surface area contributed by atoms with Crippen molar-refractivity contribution in [2.24, 2.45) is 0 Å². The number of nitriles is 1.